The maximum Gasteiger partial charge on any atom is 0.459 e. The average molecular weight is 498 g/mol. The number of hydrazone groups is 1. The van der Waals surface area contributed by atoms with Crippen LogP contribution in [0.4, 0.5) is 42.1 Å². The number of aromatic nitrogens is 1. The second-order valence-corrected chi connectivity index (χ2v) is 7.49. The lowest BCUT2D eigenvalue weighted by Gasteiger charge is -2.30. The molecule has 2 aromatic rings. The van der Waals surface area contributed by atoms with Gasteiger partial charge < -0.3 is 10.2 Å². The molecular formula is C20H19ClF7N5. The van der Waals surface area contributed by atoms with Gasteiger partial charge in [-0.2, -0.15) is 27.1 Å². The zero-order valence-electron chi connectivity index (χ0n) is 16.9. The Kier molecular flexibility index (Phi) is 7.08. The number of rotatable bonds is 4. The zero-order chi connectivity index (χ0) is 23.1. The Balaban J connectivity index is 0.00000306. The van der Waals surface area contributed by atoms with E-state index < -0.39 is 47.6 Å². The first-order valence-corrected chi connectivity index (χ1v) is 9.75. The summed E-state index contributed by atoms with van der Waals surface area (Å²) in [5.41, 5.74) is -0.940. The second-order valence-electron chi connectivity index (χ2n) is 7.49. The van der Waals surface area contributed by atoms with E-state index in [2.05, 4.69) is 15.4 Å². The molecule has 1 atom stereocenters. The Bertz CT molecular complexity index is 1020. The monoisotopic (exact) mass is 497 g/mol. The van der Waals surface area contributed by atoms with Gasteiger partial charge in [0, 0.05) is 44.9 Å². The van der Waals surface area contributed by atoms with Crippen LogP contribution in [0.2, 0.25) is 0 Å². The molecule has 2 aliphatic heterocycles. The lowest BCUT2D eigenvalue weighted by atomic mass is 9.99. The molecule has 0 amide bonds. The van der Waals surface area contributed by atoms with E-state index in [-0.39, 0.29) is 18.0 Å². The molecule has 1 unspecified atom stereocenters. The van der Waals surface area contributed by atoms with E-state index in [1.165, 1.54) is 6.20 Å². The van der Waals surface area contributed by atoms with Crippen molar-refractivity contribution in [3.05, 3.63) is 53.9 Å². The van der Waals surface area contributed by atoms with E-state index in [0.29, 0.717) is 37.9 Å². The lowest BCUT2D eigenvalue weighted by Crippen LogP contribution is -2.43. The molecule has 1 saturated heterocycles. The van der Waals surface area contributed by atoms with Gasteiger partial charge in [-0.3, -0.25) is 9.99 Å². The van der Waals surface area contributed by atoms with Crippen molar-refractivity contribution in [1.29, 1.82) is 0 Å². The number of alkyl halides is 5. The van der Waals surface area contributed by atoms with Gasteiger partial charge in [0.05, 0.1) is 23.6 Å². The molecule has 2 aliphatic rings. The van der Waals surface area contributed by atoms with Crippen molar-refractivity contribution >= 4 is 29.5 Å². The Morgan fingerprint density at radius 3 is 2.30 bits per heavy atom. The van der Waals surface area contributed by atoms with Crippen LogP contribution in [0.5, 0.6) is 0 Å². The third kappa shape index (κ3) is 4.86. The molecule has 0 bridgehead atoms. The number of nitrogens with one attached hydrogen (secondary N) is 1. The van der Waals surface area contributed by atoms with Crippen molar-refractivity contribution in [2.45, 2.75) is 24.6 Å². The maximum atomic E-state index is 14.4. The molecule has 5 nitrogen and oxygen atoms in total. The fraction of sp³-hybridized carbons (Fsp3) is 0.400. The highest BCUT2D eigenvalue weighted by molar-refractivity contribution is 5.95. The molecule has 3 heterocycles. The van der Waals surface area contributed by atoms with Crippen molar-refractivity contribution in [1.82, 2.24) is 10.3 Å². The van der Waals surface area contributed by atoms with Crippen LogP contribution in [0, 0.1) is 11.6 Å². The summed E-state index contributed by atoms with van der Waals surface area (Å²) >= 11 is 0. The Labute approximate surface area is 190 Å². The minimum absolute atomic E-state index is 0. The molecule has 1 aromatic heterocycles. The van der Waals surface area contributed by atoms with E-state index in [1.54, 1.807) is 12.3 Å². The summed E-state index contributed by atoms with van der Waals surface area (Å²) in [6.45, 7) is 2.73. The molecule has 13 heteroatoms. The second kappa shape index (κ2) is 9.34. The fourth-order valence-corrected chi connectivity index (χ4v) is 3.74. The van der Waals surface area contributed by atoms with E-state index in [9.17, 15) is 30.7 Å². The van der Waals surface area contributed by atoms with Crippen LogP contribution in [0.1, 0.15) is 18.0 Å². The number of halogens is 8. The van der Waals surface area contributed by atoms with Crippen LogP contribution in [-0.4, -0.2) is 49.0 Å². The molecule has 0 radical (unpaired) electrons. The van der Waals surface area contributed by atoms with Crippen LogP contribution in [-0.2, 0) is 0 Å². The van der Waals surface area contributed by atoms with Gasteiger partial charge in [-0.1, -0.05) is 0 Å². The molecule has 0 aliphatic carbocycles. The van der Waals surface area contributed by atoms with Gasteiger partial charge in [0.2, 0.25) is 0 Å². The van der Waals surface area contributed by atoms with Crippen LogP contribution in [0.15, 0.2) is 41.8 Å². The first-order chi connectivity index (χ1) is 15.1. The van der Waals surface area contributed by atoms with Crippen LogP contribution in [0.25, 0.3) is 0 Å². The molecule has 1 N–H and O–H groups in total. The standard InChI is InChI=1S/C20H18F7N5.ClH/c21-13-1-2-16(15(22)8-13)32-17(9-18(30-32)19(23,24)20(25,26)27)12-7-14(11-29-10-12)31-5-3-28-4-6-31;/h1-2,7-8,10-11,17,28H,3-6,9H2;1H. The first kappa shape index (κ1) is 25.0. The average Bonchev–Trinajstić information content (AvgIpc) is 3.19. The maximum absolute atomic E-state index is 14.4. The largest absolute Gasteiger partial charge is 0.459 e. The Hall–Kier alpha value is -2.60. The van der Waals surface area contributed by atoms with Crippen molar-refractivity contribution in [2.24, 2.45) is 5.10 Å². The third-order valence-electron chi connectivity index (χ3n) is 5.40. The molecule has 180 valence electrons. The number of hydrogen-bond donors (Lipinski definition) is 1. The normalized spacial score (nSPS) is 19.4. The van der Waals surface area contributed by atoms with Crippen molar-refractivity contribution < 1.29 is 30.7 Å². The number of pyridine rings is 1. The SMILES string of the molecule is Cl.Fc1ccc(N2N=C(C(F)(F)C(F)(F)F)CC2c2cncc(N3CCNCC3)c2)c(F)c1. The van der Waals surface area contributed by atoms with Crippen LogP contribution < -0.4 is 15.2 Å². The predicted molar refractivity (Wildman–Crippen MR) is 111 cm³/mol. The van der Waals surface area contributed by atoms with E-state index >= 15 is 0 Å². The van der Waals surface area contributed by atoms with Gasteiger partial charge in [-0.05, 0) is 23.8 Å². The lowest BCUT2D eigenvalue weighted by molar-refractivity contribution is -0.249. The van der Waals surface area contributed by atoms with E-state index in [0.717, 1.165) is 17.1 Å². The van der Waals surface area contributed by atoms with Gasteiger partial charge in [-0.25, -0.2) is 8.78 Å². The predicted octanol–water partition coefficient (Wildman–Crippen LogP) is 4.70. The van der Waals surface area contributed by atoms with Crippen molar-refractivity contribution in [3.8, 4) is 0 Å². The molecular weight excluding hydrogens is 479 g/mol. The number of nitrogens with zero attached hydrogens (tertiary/aromatic N) is 4. The summed E-state index contributed by atoms with van der Waals surface area (Å²) in [7, 11) is 0. The van der Waals surface area contributed by atoms with E-state index in [1.807, 2.05) is 4.90 Å². The summed E-state index contributed by atoms with van der Waals surface area (Å²) < 4.78 is 94.9. The topological polar surface area (TPSA) is 43.8 Å². The van der Waals surface area contributed by atoms with Gasteiger partial charge in [-0.15, -0.1) is 12.4 Å². The van der Waals surface area contributed by atoms with Gasteiger partial charge in [0.1, 0.15) is 11.5 Å². The number of piperazine rings is 1. The Morgan fingerprint density at radius 1 is 0.970 bits per heavy atom. The Morgan fingerprint density at radius 2 is 1.67 bits per heavy atom. The summed E-state index contributed by atoms with van der Waals surface area (Å²) in [5.74, 6) is -7.27. The zero-order valence-corrected chi connectivity index (χ0v) is 17.7. The molecule has 4 rings (SSSR count). The number of anilines is 2. The van der Waals surface area contributed by atoms with Crippen molar-refractivity contribution in [2.75, 3.05) is 36.1 Å². The van der Waals surface area contributed by atoms with Gasteiger partial charge in [0.25, 0.3) is 0 Å². The minimum atomic E-state index is -5.87. The fourth-order valence-electron chi connectivity index (χ4n) is 3.74. The molecule has 1 aromatic carbocycles. The summed E-state index contributed by atoms with van der Waals surface area (Å²) in [6, 6.07) is 2.76. The van der Waals surface area contributed by atoms with Crippen molar-refractivity contribution in [3.63, 3.8) is 0 Å². The third-order valence-corrected chi connectivity index (χ3v) is 5.40. The van der Waals surface area contributed by atoms with Crippen LogP contribution in [0.3, 0.4) is 0 Å². The molecule has 0 spiro atoms. The molecule has 33 heavy (non-hydrogen) atoms. The smallest absolute Gasteiger partial charge is 0.368 e. The van der Waals surface area contributed by atoms with Gasteiger partial charge >= 0.3 is 12.1 Å². The highest BCUT2D eigenvalue weighted by atomic mass is 35.5. The highest BCUT2D eigenvalue weighted by Crippen LogP contribution is 2.45. The summed E-state index contributed by atoms with van der Waals surface area (Å²) in [6.07, 6.45) is -3.81. The quantitative estimate of drug-likeness (QED) is 0.622. The van der Waals surface area contributed by atoms with Gasteiger partial charge in [0.15, 0.2) is 5.82 Å². The minimum Gasteiger partial charge on any atom is -0.368 e. The summed E-state index contributed by atoms with van der Waals surface area (Å²) in [5, 5.41) is 7.37. The number of hydrogen-bond acceptors (Lipinski definition) is 5. The number of benzene rings is 1. The molecule has 0 saturated carbocycles. The summed E-state index contributed by atoms with van der Waals surface area (Å²) in [4.78, 5) is 6.08. The highest BCUT2D eigenvalue weighted by Gasteiger charge is 2.63. The van der Waals surface area contributed by atoms with E-state index in [4.69, 9.17) is 0 Å². The first-order valence-electron chi connectivity index (χ1n) is 9.75. The van der Waals surface area contributed by atoms with Crippen LogP contribution >= 0.6 is 12.4 Å². The molecule has 1 fully saturated rings.